The predicted molar refractivity (Wildman–Crippen MR) is 127 cm³/mol. The van der Waals surface area contributed by atoms with Crippen molar-refractivity contribution in [2.24, 2.45) is 0 Å². The number of nitrogens with one attached hydrogen (secondary N) is 1. The second-order valence-electron chi connectivity index (χ2n) is 7.37. The van der Waals surface area contributed by atoms with Crippen molar-refractivity contribution < 1.29 is 19.3 Å². The van der Waals surface area contributed by atoms with Gasteiger partial charge in [0.15, 0.2) is 11.5 Å². The van der Waals surface area contributed by atoms with Gasteiger partial charge >= 0.3 is 0 Å². The molecule has 4 aromatic rings. The van der Waals surface area contributed by atoms with Gasteiger partial charge < -0.3 is 24.6 Å². The van der Waals surface area contributed by atoms with E-state index in [1.54, 1.807) is 25.6 Å². The van der Waals surface area contributed by atoms with Gasteiger partial charge in [0.2, 0.25) is 0 Å². The third kappa shape index (κ3) is 4.93. The van der Waals surface area contributed by atoms with E-state index >= 15 is 0 Å². The molecule has 0 fully saturated rings. The molecule has 0 bridgehead atoms. The molecule has 6 heteroatoms. The minimum atomic E-state index is -0.595. The maximum Gasteiger partial charge on any atom is 0.160 e. The quantitative estimate of drug-likeness (QED) is 0.354. The van der Waals surface area contributed by atoms with Crippen LogP contribution in [0.3, 0.4) is 0 Å². The molecule has 2 N–H and O–H groups in total. The normalized spacial score (nSPS) is 12.2. The standard InChI is InChI=1S/C25H27NO4S/c1-28-22-8-7-17(13-24(22)29-2)9-11-26-15-19(27)16-30-23-14-18-10-12-31-25(18)21-6-4-3-5-20(21)23/h3-8,10,12-14,19,26-27H,9,11,15-16H2,1-2H3/t19-/m1/s1. The van der Waals surface area contributed by atoms with Crippen molar-refractivity contribution >= 4 is 32.2 Å². The largest absolute Gasteiger partial charge is 0.493 e. The van der Waals surface area contributed by atoms with Gasteiger partial charge in [-0.1, -0.05) is 30.3 Å². The van der Waals surface area contributed by atoms with E-state index in [0.29, 0.717) is 6.54 Å². The highest BCUT2D eigenvalue weighted by Crippen LogP contribution is 2.36. The molecule has 4 rings (SSSR count). The zero-order valence-electron chi connectivity index (χ0n) is 17.8. The third-order valence-corrected chi connectivity index (χ3v) is 6.23. The van der Waals surface area contributed by atoms with Crippen molar-refractivity contribution in [3.05, 3.63) is 65.5 Å². The summed E-state index contributed by atoms with van der Waals surface area (Å²) in [6.07, 6.45) is 0.232. The van der Waals surface area contributed by atoms with Gasteiger partial charge in [0.05, 0.1) is 14.2 Å². The highest BCUT2D eigenvalue weighted by molar-refractivity contribution is 7.18. The van der Waals surface area contributed by atoms with Crippen molar-refractivity contribution in [3.8, 4) is 17.2 Å². The van der Waals surface area contributed by atoms with Gasteiger partial charge in [0, 0.05) is 22.0 Å². The van der Waals surface area contributed by atoms with E-state index in [0.717, 1.165) is 41.2 Å². The lowest BCUT2D eigenvalue weighted by Gasteiger charge is -2.15. The Hall–Kier alpha value is -2.80. The second kappa shape index (κ2) is 10.0. The number of hydrogen-bond donors (Lipinski definition) is 2. The van der Waals surface area contributed by atoms with Crippen molar-refractivity contribution in [1.29, 1.82) is 0 Å². The first-order chi connectivity index (χ1) is 15.2. The SMILES string of the molecule is COc1ccc(CCNC[C@@H](O)COc2cc3ccsc3c3ccccc23)cc1OC. The van der Waals surface area contributed by atoms with Crippen LogP contribution < -0.4 is 19.5 Å². The Kier molecular flexibility index (Phi) is 6.92. The minimum absolute atomic E-state index is 0.239. The second-order valence-corrected chi connectivity index (χ2v) is 8.28. The number of ether oxygens (including phenoxy) is 3. The van der Waals surface area contributed by atoms with Gasteiger partial charge in [-0.2, -0.15) is 0 Å². The Balaban J connectivity index is 1.29. The van der Waals surface area contributed by atoms with Crippen molar-refractivity contribution in [2.75, 3.05) is 33.9 Å². The van der Waals surface area contributed by atoms with Gasteiger partial charge in [-0.3, -0.25) is 0 Å². The van der Waals surface area contributed by atoms with E-state index in [2.05, 4.69) is 35.0 Å². The van der Waals surface area contributed by atoms with Gasteiger partial charge in [0.1, 0.15) is 18.5 Å². The molecule has 0 aliphatic carbocycles. The van der Waals surface area contributed by atoms with E-state index in [1.165, 1.54) is 15.5 Å². The van der Waals surface area contributed by atoms with Gasteiger partial charge in [-0.25, -0.2) is 0 Å². The van der Waals surface area contributed by atoms with Crippen LogP contribution in [0.2, 0.25) is 0 Å². The summed E-state index contributed by atoms with van der Waals surface area (Å²) in [5.74, 6) is 2.26. The molecule has 5 nitrogen and oxygen atoms in total. The van der Waals surface area contributed by atoms with Crippen LogP contribution in [0.4, 0.5) is 0 Å². The van der Waals surface area contributed by atoms with Gasteiger partial charge in [-0.15, -0.1) is 11.3 Å². The monoisotopic (exact) mass is 437 g/mol. The van der Waals surface area contributed by atoms with E-state index in [1.807, 2.05) is 30.3 Å². The smallest absolute Gasteiger partial charge is 0.160 e. The molecular formula is C25H27NO4S. The Bertz CT molecular complexity index is 1160. The summed E-state index contributed by atoms with van der Waals surface area (Å²) in [4.78, 5) is 0. The first kappa shape index (κ1) is 21.4. The molecule has 0 saturated heterocycles. The first-order valence-corrected chi connectivity index (χ1v) is 11.2. The maximum atomic E-state index is 10.4. The third-order valence-electron chi connectivity index (χ3n) is 5.27. The fourth-order valence-corrected chi connectivity index (χ4v) is 4.59. The Morgan fingerprint density at radius 3 is 2.55 bits per heavy atom. The molecular weight excluding hydrogens is 410 g/mol. The number of thiophene rings is 1. The number of benzene rings is 3. The van der Waals surface area contributed by atoms with Gasteiger partial charge in [0.25, 0.3) is 0 Å². The van der Waals surface area contributed by atoms with Crippen LogP contribution in [0.25, 0.3) is 20.9 Å². The van der Waals surface area contributed by atoms with Crippen LogP contribution in [0.5, 0.6) is 17.2 Å². The first-order valence-electron chi connectivity index (χ1n) is 10.3. The molecule has 162 valence electrons. The lowest BCUT2D eigenvalue weighted by atomic mass is 10.1. The van der Waals surface area contributed by atoms with Crippen LogP contribution in [0.1, 0.15) is 5.56 Å². The topological polar surface area (TPSA) is 60.0 Å². The molecule has 0 spiro atoms. The lowest BCUT2D eigenvalue weighted by Crippen LogP contribution is -2.32. The summed E-state index contributed by atoms with van der Waals surface area (Å²) in [6.45, 7) is 1.45. The van der Waals surface area contributed by atoms with Crippen LogP contribution in [-0.4, -0.2) is 45.1 Å². The summed E-state index contributed by atoms with van der Waals surface area (Å²) in [5, 5.41) is 19.2. The molecule has 3 aromatic carbocycles. The van der Waals surface area contributed by atoms with Gasteiger partial charge in [-0.05, 0) is 53.6 Å². The zero-order valence-corrected chi connectivity index (χ0v) is 18.6. The summed E-state index contributed by atoms with van der Waals surface area (Å²) in [6, 6.07) is 18.3. The fourth-order valence-electron chi connectivity index (χ4n) is 3.67. The van der Waals surface area contributed by atoms with E-state index in [4.69, 9.17) is 14.2 Å². The molecule has 0 radical (unpaired) electrons. The molecule has 1 atom stereocenters. The van der Waals surface area contributed by atoms with Crippen molar-refractivity contribution in [2.45, 2.75) is 12.5 Å². The number of aliphatic hydroxyl groups excluding tert-OH is 1. The number of aliphatic hydroxyl groups is 1. The summed E-state index contributed by atoms with van der Waals surface area (Å²) < 4.78 is 17.9. The highest BCUT2D eigenvalue weighted by Gasteiger charge is 2.11. The summed E-state index contributed by atoms with van der Waals surface area (Å²) >= 11 is 1.74. The Morgan fingerprint density at radius 1 is 0.935 bits per heavy atom. The van der Waals surface area contributed by atoms with Crippen LogP contribution >= 0.6 is 11.3 Å². The molecule has 0 aliphatic heterocycles. The van der Waals surface area contributed by atoms with Crippen LogP contribution in [0, 0.1) is 0 Å². The number of fused-ring (bicyclic) bond motifs is 3. The maximum absolute atomic E-state index is 10.4. The molecule has 0 unspecified atom stereocenters. The van der Waals surface area contributed by atoms with E-state index in [9.17, 15) is 5.11 Å². The van der Waals surface area contributed by atoms with Crippen LogP contribution in [0.15, 0.2) is 60.0 Å². The Morgan fingerprint density at radius 2 is 1.74 bits per heavy atom. The van der Waals surface area contributed by atoms with Crippen molar-refractivity contribution in [1.82, 2.24) is 5.32 Å². The number of hydrogen-bond acceptors (Lipinski definition) is 6. The molecule has 1 aromatic heterocycles. The fraction of sp³-hybridized carbons (Fsp3) is 0.280. The predicted octanol–water partition coefficient (Wildman–Crippen LogP) is 4.64. The number of methoxy groups -OCH3 is 2. The highest BCUT2D eigenvalue weighted by atomic mass is 32.1. The van der Waals surface area contributed by atoms with E-state index < -0.39 is 6.10 Å². The van der Waals surface area contributed by atoms with Crippen LogP contribution in [-0.2, 0) is 6.42 Å². The summed E-state index contributed by atoms with van der Waals surface area (Å²) in [5.41, 5.74) is 1.14. The molecule has 0 aliphatic rings. The average molecular weight is 438 g/mol. The zero-order chi connectivity index (χ0) is 21.6. The molecule has 0 saturated carbocycles. The van der Waals surface area contributed by atoms with E-state index in [-0.39, 0.29) is 6.61 Å². The summed E-state index contributed by atoms with van der Waals surface area (Å²) in [7, 11) is 3.26. The lowest BCUT2D eigenvalue weighted by molar-refractivity contribution is 0.107. The number of rotatable bonds is 10. The molecule has 31 heavy (non-hydrogen) atoms. The van der Waals surface area contributed by atoms with Crippen molar-refractivity contribution in [3.63, 3.8) is 0 Å². The molecule has 1 heterocycles. The average Bonchev–Trinajstić information content (AvgIpc) is 3.29. The Labute approximate surface area is 186 Å². The molecule has 0 amide bonds. The minimum Gasteiger partial charge on any atom is -0.493 e.